The Hall–Kier alpha value is -2.29. The van der Waals surface area contributed by atoms with Crippen LogP contribution in [0.25, 0.3) is 5.70 Å². The fraction of sp³-hybridized carbons (Fsp3) is 0.400. The lowest BCUT2D eigenvalue weighted by molar-refractivity contribution is -0.0210. The van der Waals surface area contributed by atoms with Crippen LogP contribution in [0.5, 0.6) is 0 Å². The van der Waals surface area contributed by atoms with E-state index in [2.05, 4.69) is 22.2 Å². The van der Waals surface area contributed by atoms with Gasteiger partial charge in [0.1, 0.15) is 18.0 Å². The molecule has 23 heavy (non-hydrogen) atoms. The molecule has 3 atom stereocenters. The van der Waals surface area contributed by atoms with Crippen molar-refractivity contribution in [2.45, 2.75) is 25.2 Å². The summed E-state index contributed by atoms with van der Waals surface area (Å²) in [6.45, 7) is 5.27. The number of hydrogen-bond acceptors (Lipinski definition) is 5. The molecular weight excluding hydrogens is 302 g/mol. The largest absolute Gasteiger partial charge is 0.484 e. The van der Waals surface area contributed by atoms with E-state index in [-0.39, 0.29) is 19.0 Å². The van der Waals surface area contributed by atoms with Crippen LogP contribution >= 0.6 is 0 Å². The minimum atomic E-state index is -1.04. The first-order valence-electron chi connectivity index (χ1n) is 7.25. The fourth-order valence-corrected chi connectivity index (χ4v) is 2.75. The average Bonchev–Trinajstić information content (AvgIpc) is 3.03. The minimum Gasteiger partial charge on any atom is -0.484 e. The number of aliphatic hydroxyl groups excluding tert-OH is 2. The van der Waals surface area contributed by atoms with E-state index in [1.165, 1.54) is 0 Å². The zero-order chi connectivity index (χ0) is 16.6. The lowest BCUT2D eigenvalue weighted by Crippen LogP contribution is -2.36. The number of carbonyl (C=O) groups is 1. The molecule has 2 aliphatic heterocycles. The maximum absolute atomic E-state index is 11.9. The van der Waals surface area contributed by atoms with Crippen LogP contribution in [0.3, 0.4) is 0 Å². The Bertz CT molecular complexity index is 666. The van der Waals surface area contributed by atoms with Gasteiger partial charge in [-0.2, -0.15) is 0 Å². The highest BCUT2D eigenvalue weighted by Gasteiger charge is 2.44. The van der Waals surface area contributed by atoms with Gasteiger partial charge in [0.15, 0.2) is 11.9 Å². The summed E-state index contributed by atoms with van der Waals surface area (Å²) in [5.41, 5.74) is 1.98. The van der Waals surface area contributed by atoms with Crippen molar-refractivity contribution in [3.05, 3.63) is 35.7 Å². The number of amides is 2. The highest BCUT2D eigenvalue weighted by Crippen LogP contribution is 2.36. The summed E-state index contributed by atoms with van der Waals surface area (Å²) in [6, 6.07) is 1.42. The molecule has 124 valence electrons. The summed E-state index contributed by atoms with van der Waals surface area (Å²) in [5.74, 6) is 0.829. The minimum absolute atomic E-state index is 0.200. The van der Waals surface area contributed by atoms with Crippen molar-refractivity contribution >= 4 is 17.5 Å². The monoisotopic (exact) mass is 321 g/mol. The van der Waals surface area contributed by atoms with E-state index in [4.69, 9.17) is 9.47 Å². The van der Waals surface area contributed by atoms with Crippen LogP contribution in [0.4, 0.5) is 10.6 Å². The van der Waals surface area contributed by atoms with Crippen molar-refractivity contribution in [1.29, 1.82) is 0 Å². The van der Waals surface area contributed by atoms with Gasteiger partial charge in [0.2, 0.25) is 0 Å². The number of fused-ring (bicyclic) bond motifs is 1. The van der Waals surface area contributed by atoms with Crippen molar-refractivity contribution in [1.82, 2.24) is 10.3 Å². The van der Waals surface area contributed by atoms with Crippen LogP contribution in [0, 0.1) is 6.92 Å². The summed E-state index contributed by atoms with van der Waals surface area (Å²) in [4.78, 5) is 14.9. The number of aryl methyl sites for hydroxylation is 1. The zero-order valence-corrected chi connectivity index (χ0v) is 12.6. The smallest absolute Gasteiger partial charge is 0.324 e. The zero-order valence-electron chi connectivity index (χ0n) is 12.6. The summed E-state index contributed by atoms with van der Waals surface area (Å²) < 4.78 is 11.2. The molecule has 5 N–H and O–H groups in total. The van der Waals surface area contributed by atoms with Gasteiger partial charge in [0, 0.05) is 11.3 Å². The average molecular weight is 321 g/mol. The maximum Gasteiger partial charge on any atom is 0.324 e. The van der Waals surface area contributed by atoms with Crippen LogP contribution in [-0.4, -0.2) is 52.8 Å². The summed E-state index contributed by atoms with van der Waals surface area (Å²) in [5, 5.41) is 25.0. The Labute approximate surface area is 132 Å². The molecule has 1 aromatic heterocycles. The van der Waals surface area contributed by atoms with Gasteiger partial charge in [0.25, 0.3) is 0 Å². The van der Waals surface area contributed by atoms with E-state index in [0.29, 0.717) is 17.1 Å². The molecule has 8 heteroatoms. The van der Waals surface area contributed by atoms with E-state index in [9.17, 15) is 15.0 Å². The number of anilines is 1. The number of rotatable bonds is 4. The second-order valence-corrected chi connectivity index (χ2v) is 5.43. The van der Waals surface area contributed by atoms with E-state index < -0.39 is 24.3 Å². The summed E-state index contributed by atoms with van der Waals surface area (Å²) in [6.07, 6.45) is -1.12. The number of ether oxygens (including phenoxy) is 2. The van der Waals surface area contributed by atoms with E-state index >= 15 is 0 Å². The van der Waals surface area contributed by atoms with Crippen LogP contribution in [-0.2, 0) is 9.47 Å². The molecule has 8 nitrogen and oxygen atoms in total. The highest BCUT2D eigenvalue weighted by molar-refractivity contribution is 6.02. The van der Waals surface area contributed by atoms with E-state index in [0.717, 1.165) is 5.69 Å². The maximum atomic E-state index is 11.9. The van der Waals surface area contributed by atoms with Crippen molar-refractivity contribution in [2.75, 3.05) is 18.5 Å². The molecule has 1 saturated heterocycles. The Kier molecular flexibility index (Phi) is 4.12. The Balaban J connectivity index is 2.06. The predicted molar refractivity (Wildman–Crippen MR) is 82.5 cm³/mol. The van der Waals surface area contributed by atoms with Crippen LogP contribution < -0.4 is 10.6 Å². The number of carbonyl (C=O) groups excluding carboxylic acids is 1. The molecule has 0 radical (unpaired) electrons. The summed E-state index contributed by atoms with van der Waals surface area (Å²) >= 11 is 0. The number of urea groups is 1. The van der Waals surface area contributed by atoms with Crippen molar-refractivity contribution < 1.29 is 24.5 Å². The van der Waals surface area contributed by atoms with Gasteiger partial charge < -0.3 is 30.0 Å². The van der Waals surface area contributed by atoms with Crippen LogP contribution in [0.2, 0.25) is 0 Å². The SMILES string of the molecule is C=CCO[C@H]1C(=C2NC(=O)Nc3[nH]c(C)cc32)O[C@H](CO)[C@@H]1O. The molecule has 1 fully saturated rings. The van der Waals surface area contributed by atoms with Crippen molar-refractivity contribution in [3.8, 4) is 0 Å². The number of hydrogen-bond donors (Lipinski definition) is 5. The second kappa shape index (κ2) is 6.07. The molecule has 1 aromatic rings. The Morgan fingerprint density at radius 1 is 1.48 bits per heavy atom. The van der Waals surface area contributed by atoms with Gasteiger partial charge in [-0.15, -0.1) is 6.58 Å². The molecule has 0 spiro atoms. The predicted octanol–water partition coefficient (Wildman–Crippen LogP) is 0.450. The number of aliphatic hydroxyl groups is 2. The molecule has 2 amide bonds. The Morgan fingerprint density at radius 2 is 2.26 bits per heavy atom. The van der Waals surface area contributed by atoms with Gasteiger partial charge in [-0.3, -0.25) is 5.32 Å². The number of nitrogens with one attached hydrogen (secondary N) is 3. The van der Waals surface area contributed by atoms with Crippen molar-refractivity contribution in [2.24, 2.45) is 0 Å². The molecule has 0 aromatic carbocycles. The second-order valence-electron chi connectivity index (χ2n) is 5.43. The molecule has 0 unspecified atom stereocenters. The summed E-state index contributed by atoms with van der Waals surface area (Å²) in [7, 11) is 0. The van der Waals surface area contributed by atoms with E-state index in [1.54, 1.807) is 6.08 Å². The third kappa shape index (κ3) is 2.72. The Morgan fingerprint density at radius 3 is 2.96 bits per heavy atom. The molecule has 3 rings (SSSR count). The first-order chi connectivity index (χ1) is 11.0. The molecule has 0 aliphatic carbocycles. The van der Waals surface area contributed by atoms with Gasteiger partial charge >= 0.3 is 6.03 Å². The number of aromatic nitrogens is 1. The standard InChI is InChI=1S/C15H19N3O5/c1-3-4-22-13-11(20)9(6-19)23-12(13)10-8-5-7(2)16-14(8)18-15(21)17-10/h3,5,9,11,13,16,19-20H,1,4,6H2,2H3,(H2,17,18,21)/t9-,11+,13-/m1/s1. The van der Waals surface area contributed by atoms with Gasteiger partial charge in [-0.05, 0) is 13.0 Å². The third-order valence-electron chi connectivity index (χ3n) is 3.75. The van der Waals surface area contributed by atoms with Crippen LogP contribution in [0.1, 0.15) is 11.3 Å². The first-order valence-corrected chi connectivity index (χ1v) is 7.25. The molecule has 3 heterocycles. The fourth-order valence-electron chi connectivity index (χ4n) is 2.75. The molecular formula is C15H19N3O5. The topological polar surface area (TPSA) is 116 Å². The van der Waals surface area contributed by atoms with Crippen LogP contribution in [0.15, 0.2) is 24.5 Å². The van der Waals surface area contributed by atoms with Crippen molar-refractivity contribution in [3.63, 3.8) is 0 Å². The van der Waals surface area contributed by atoms with Gasteiger partial charge in [-0.1, -0.05) is 6.08 Å². The molecule has 0 saturated carbocycles. The van der Waals surface area contributed by atoms with Gasteiger partial charge in [-0.25, -0.2) is 4.79 Å². The lowest BCUT2D eigenvalue weighted by Gasteiger charge is -2.22. The molecule has 2 aliphatic rings. The highest BCUT2D eigenvalue weighted by atomic mass is 16.6. The normalized spacial score (nSPS) is 29.5. The number of aromatic amines is 1. The molecule has 0 bridgehead atoms. The quantitative estimate of drug-likeness (QED) is 0.516. The number of H-pyrrole nitrogens is 1. The van der Waals surface area contributed by atoms with E-state index in [1.807, 2.05) is 13.0 Å². The lowest BCUT2D eigenvalue weighted by atomic mass is 10.1. The first kappa shape index (κ1) is 15.6. The third-order valence-corrected chi connectivity index (χ3v) is 3.75. The van der Waals surface area contributed by atoms with Gasteiger partial charge in [0.05, 0.1) is 18.9 Å².